The third-order valence-corrected chi connectivity index (χ3v) is 3.21. The molecule has 1 aliphatic heterocycles. The molecule has 0 unspecified atom stereocenters. The van der Waals surface area contributed by atoms with Gasteiger partial charge in [0.1, 0.15) is 0 Å². The van der Waals surface area contributed by atoms with Gasteiger partial charge in [0.15, 0.2) is 0 Å². The quantitative estimate of drug-likeness (QED) is 0.703. The highest BCUT2D eigenvalue weighted by Crippen LogP contribution is 2.10. The van der Waals surface area contributed by atoms with Crippen molar-refractivity contribution in [2.45, 2.75) is 32.1 Å². The van der Waals surface area contributed by atoms with Gasteiger partial charge in [-0.3, -0.25) is 4.79 Å². The van der Waals surface area contributed by atoms with Gasteiger partial charge in [0.05, 0.1) is 0 Å². The summed E-state index contributed by atoms with van der Waals surface area (Å²) in [6, 6.07) is 0. The molecule has 0 bridgehead atoms. The zero-order valence-corrected chi connectivity index (χ0v) is 11.4. The molecule has 0 atom stereocenters. The third-order valence-electron chi connectivity index (χ3n) is 3.21. The monoisotopic (exact) mass is 241 g/mol. The number of hydrogen-bond donors (Lipinski definition) is 1. The van der Waals surface area contributed by atoms with Crippen LogP contribution in [0.5, 0.6) is 0 Å². The van der Waals surface area contributed by atoms with E-state index in [0.29, 0.717) is 12.3 Å². The normalized spacial score (nSPS) is 17.2. The molecule has 1 saturated heterocycles. The van der Waals surface area contributed by atoms with Gasteiger partial charge in [-0.05, 0) is 26.9 Å². The van der Waals surface area contributed by atoms with E-state index in [-0.39, 0.29) is 0 Å². The average Bonchev–Trinajstić information content (AvgIpc) is 2.56. The molecule has 1 N–H and O–H groups in total. The molecule has 0 aromatic heterocycles. The fourth-order valence-electron chi connectivity index (χ4n) is 2.10. The van der Waals surface area contributed by atoms with Crippen molar-refractivity contribution in [3.63, 3.8) is 0 Å². The Morgan fingerprint density at radius 3 is 2.35 bits per heavy atom. The Morgan fingerprint density at radius 2 is 1.76 bits per heavy atom. The van der Waals surface area contributed by atoms with E-state index >= 15 is 0 Å². The van der Waals surface area contributed by atoms with Gasteiger partial charge < -0.3 is 15.1 Å². The molecule has 1 rings (SSSR count). The summed E-state index contributed by atoms with van der Waals surface area (Å²) in [4.78, 5) is 16.1. The van der Waals surface area contributed by atoms with Crippen molar-refractivity contribution in [2.75, 3.05) is 46.8 Å². The first-order valence-corrected chi connectivity index (χ1v) is 6.83. The van der Waals surface area contributed by atoms with Gasteiger partial charge in [-0.2, -0.15) is 0 Å². The van der Waals surface area contributed by atoms with E-state index in [0.717, 1.165) is 32.7 Å². The molecule has 4 heteroatoms. The number of nitrogens with one attached hydrogen (secondary N) is 1. The highest BCUT2D eigenvalue weighted by atomic mass is 16.2. The molecular weight excluding hydrogens is 214 g/mol. The molecular formula is C13H27N3O. The van der Waals surface area contributed by atoms with Crippen LogP contribution in [0.15, 0.2) is 0 Å². The van der Waals surface area contributed by atoms with Crippen molar-refractivity contribution in [1.29, 1.82) is 0 Å². The average molecular weight is 241 g/mol. The number of rotatable bonds is 6. The van der Waals surface area contributed by atoms with Crippen LogP contribution in [0.25, 0.3) is 0 Å². The number of likely N-dealkylation sites (tertiary alicyclic amines) is 1. The zero-order chi connectivity index (χ0) is 12.5. The van der Waals surface area contributed by atoms with Crippen molar-refractivity contribution >= 4 is 5.91 Å². The lowest BCUT2D eigenvalue weighted by Gasteiger charge is -2.20. The number of carbonyl (C=O) groups excluding carboxylic acids is 1. The van der Waals surface area contributed by atoms with E-state index in [9.17, 15) is 4.79 Å². The maximum absolute atomic E-state index is 11.9. The summed E-state index contributed by atoms with van der Waals surface area (Å²) < 4.78 is 0. The molecule has 1 aliphatic rings. The topological polar surface area (TPSA) is 35.6 Å². The Balaban J connectivity index is 2.07. The molecule has 0 aromatic carbocycles. The standard InChI is InChI=1S/C13H27N3O/c1-15(2)12-9-14-8-7-13(17)16-10-5-3-4-6-11-16/h14H,3-12H2,1-2H3. The summed E-state index contributed by atoms with van der Waals surface area (Å²) in [5.41, 5.74) is 0. The van der Waals surface area contributed by atoms with Gasteiger partial charge in [-0.25, -0.2) is 0 Å². The van der Waals surface area contributed by atoms with E-state index in [4.69, 9.17) is 0 Å². The zero-order valence-electron chi connectivity index (χ0n) is 11.4. The van der Waals surface area contributed by atoms with Crippen LogP contribution < -0.4 is 5.32 Å². The highest BCUT2D eigenvalue weighted by Gasteiger charge is 2.14. The number of amides is 1. The number of nitrogens with zero attached hydrogens (tertiary/aromatic N) is 2. The summed E-state index contributed by atoms with van der Waals surface area (Å²) in [6.45, 7) is 4.73. The van der Waals surface area contributed by atoms with Crippen LogP contribution in [0.1, 0.15) is 32.1 Å². The van der Waals surface area contributed by atoms with Crippen LogP contribution in [0.3, 0.4) is 0 Å². The lowest BCUT2D eigenvalue weighted by Crippen LogP contribution is -2.35. The minimum Gasteiger partial charge on any atom is -0.343 e. The lowest BCUT2D eigenvalue weighted by molar-refractivity contribution is -0.131. The van der Waals surface area contributed by atoms with E-state index in [2.05, 4.69) is 24.3 Å². The molecule has 17 heavy (non-hydrogen) atoms. The Hall–Kier alpha value is -0.610. The molecule has 0 radical (unpaired) electrons. The Labute approximate surface area is 105 Å². The SMILES string of the molecule is CN(C)CCNCCC(=O)N1CCCCCC1. The maximum atomic E-state index is 11.9. The second kappa shape index (κ2) is 8.48. The molecule has 1 heterocycles. The van der Waals surface area contributed by atoms with Gasteiger partial charge in [-0.1, -0.05) is 12.8 Å². The van der Waals surface area contributed by atoms with Crippen molar-refractivity contribution < 1.29 is 4.79 Å². The van der Waals surface area contributed by atoms with Crippen LogP contribution in [0.2, 0.25) is 0 Å². The first-order valence-electron chi connectivity index (χ1n) is 6.83. The van der Waals surface area contributed by atoms with Gasteiger partial charge in [-0.15, -0.1) is 0 Å². The highest BCUT2D eigenvalue weighted by molar-refractivity contribution is 5.76. The van der Waals surface area contributed by atoms with E-state index in [1.807, 2.05) is 4.90 Å². The van der Waals surface area contributed by atoms with Crippen LogP contribution in [-0.2, 0) is 4.79 Å². The van der Waals surface area contributed by atoms with Crippen molar-refractivity contribution in [2.24, 2.45) is 0 Å². The second-order valence-electron chi connectivity index (χ2n) is 5.10. The van der Waals surface area contributed by atoms with Crippen molar-refractivity contribution in [1.82, 2.24) is 15.1 Å². The molecule has 0 aromatic rings. The van der Waals surface area contributed by atoms with Crippen LogP contribution >= 0.6 is 0 Å². The van der Waals surface area contributed by atoms with E-state index < -0.39 is 0 Å². The molecule has 100 valence electrons. The fraction of sp³-hybridized carbons (Fsp3) is 0.923. The Morgan fingerprint density at radius 1 is 1.12 bits per heavy atom. The van der Waals surface area contributed by atoms with Crippen LogP contribution in [0.4, 0.5) is 0 Å². The molecule has 1 fully saturated rings. The summed E-state index contributed by atoms with van der Waals surface area (Å²) in [5.74, 6) is 0.323. The molecule has 1 amide bonds. The van der Waals surface area contributed by atoms with Gasteiger partial charge in [0.2, 0.25) is 5.91 Å². The third kappa shape index (κ3) is 6.64. The summed E-state index contributed by atoms with van der Waals surface area (Å²) in [7, 11) is 4.12. The van der Waals surface area contributed by atoms with Gasteiger partial charge >= 0.3 is 0 Å². The molecule has 0 aliphatic carbocycles. The summed E-state index contributed by atoms with van der Waals surface area (Å²) >= 11 is 0. The largest absolute Gasteiger partial charge is 0.343 e. The van der Waals surface area contributed by atoms with Gasteiger partial charge in [0, 0.05) is 39.1 Å². The first kappa shape index (κ1) is 14.5. The molecule has 0 saturated carbocycles. The molecule has 4 nitrogen and oxygen atoms in total. The van der Waals surface area contributed by atoms with Crippen molar-refractivity contribution in [3.05, 3.63) is 0 Å². The fourth-order valence-corrected chi connectivity index (χ4v) is 2.10. The van der Waals surface area contributed by atoms with Gasteiger partial charge in [0.25, 0.3) is 0 Å². The smallest absolute Gasteiger partial charge is 0.223 e. The summed E-state index contributed by atoms with van der Waals surface area (Å²) in [5, 5.41) is 3.31. The van der Waals surface area contributed by atoms with E-state index in [1.165, 1.54) is 25.7 Å². The Kier molecular flexibility index (Phi) is 7.21. The Bertz CT molecular complexity index is 211. The van der Waals surface area contributed by atoms with Crippen molar-refractivity contribution in [3.8, 4) is 0 Å². The number of likely N-dealkylation sites (N-methyl/N-ethyl adjacent to an activating group) is 1. The maximum Gasteiger partial charge on any atom is 0.223 e. The van der Waals surface area contributed by atoms with E-state index in [1.54, 1.807) is 0 Å². The lowest BCUT2D eigenvalue weighted by atomic mass is 10.2. The predicted molar refractivity (Wildman–Crippen MR) is 71.1 cm³/mol. The number of carbonyl (C=O) groups is 1. The predicted octanol–water partition coefficient (Wildman–Crippen LogP) is 0.930. The van der Waals surface area contributed by atoms with Crippen LogP contribution in [-0.4, -0.2) is 62.5 Å². The minimum atomic E-state index is 0.323. The second-order valence-corrected chi connectivity index (χ2v) is 5.10. The summed E-state index contributed by atoms with van der Waals surface area (Å²) in [6.07, 6.45) is 5.57. The number of hydrogen-bond acceptors (Lipinski definition) is 3. The van der Waals surface area contributed by atoms with Crippen LogP contribution in [0, 0.1) is 0 Å². The first-order chi connectivity index (χ1) is 8.20. The minimum absolute atomic E-state index is 0.323. The molecule has 0 spiro atoms.